The second-order valence-electron chi connectivity index (χ2n) is 11.3. The molecule has 2 saturated heterocycles. The van der Waals surface area contributed by atoms with Gasteiger partial charge in [-0.2, -0.15) is 5.10 Å². The number of anilines is 1. The average molecular weight is 493 g/mol. The first-order valence-electron chi connectivity index (χ1n) is 13.2. The highest BCUT2D eigenvalue weighted by atomic mass is 16.6. The molecule has 194 valence electrons. The van der Waals surface area contributed by atoms with Crippen LogP contribution in [0.4, 0.5) is 5.69 Å². The third-order valence-corrected chi connectivity index (χ3v) is 7.43. The summed E-state index contributed by atoms with van der Waals surface area (Å²) in [6.07, 6.45) is 3.90. The van der Waals surface area contributed by atoms with Crippen molar-refractivity contribution >= 4 is 17.9 Å². The third-order valence-electron chi connectivity index (χ3n) is 7.43. The molecule has 2 N–H and O–H groups in total. The normalized spacial score (nSPS) is 23.6. The van der Waals surface area contributed by atoms with Crippen molar-refractivity contribution < 1.29 is 14.0 Å². The van der Waals surface area contributed by atoms with Gasteiger partial charge < -0.3 is 20.0 Å². The van der Waals surface area contributed by atoms with Gasteiger partial charge in [-0.1, -0.05) is 42.5 Å². The Balaban J connectivity index is 1.35. The maximum atomic E-state index is 12.9. The molecule has 2 aromatic carbocycles. The first-order chi connectivity index (χ1) is 17.3. The fraction of sp³-hybridized carbons (Fsp3) is 0.517. The maximum absolute atomic E-state index is 12.9. The van der Waals surface area contributed by atoms with Crippen LogP contribution in [-0.2, 0) is 16.1 Å². The second kappa shape index (κ2) is 11.4. The van der Waals surface area contributed by atoms with Crippen LogP contribution in [0.2, 0.25) is 0 Å². The highest BCUT2D eigenvalue weighted by Crippen LogP contribution is 2.28. The third kappa shape index (κ3) is 7.08. The monoisotopic (exact) mass is 492 g/mol. The number of piperazine rings is 1. The van der Waals surface area contributed by atoms with Gasteiger partial charge in [0.05, 0.1) is 19.3 Å². The molecule has 2 fully saturated rings. The number of carbonyl (C=O) groups is 1. The fourth-order valence-electron chi connectivity index (χ4n) is 5.66. The zero-order valence-electron chi connectivity index (χ0n) is 22.1. The van der Waals surface area contributed by atoms with Crippen LogP contribution >= 0.6 is 0 Å². The Bertz CT molecular complexity index is 1000. The number of esters is 1. The lowest BCUT2D eigenvalue weighted by atomic mass is 9.98. The van der Waals surface area contributed by atoms with E-state index in [9.17, 15) is 4.79 Å². The quantitative estimate of drug-likeness (QED) is 0.210. The molecule has 2 aliphatic rings. The zero-order chi connectivity index (χ0) is 25.6. The van der Waals surface area contributed by atoms with Gasteiger partial charge in [-0.05, 0) is 38.5 Å². The lowest BCUT2D eigenvalue weighted by molar-refractivity contribution is -0.939. The second-order valence-corrected chi connectivity index (χ2v) is 11.3. The molecule has 7 nitrogen and oxygen atoms in total. The lowest BCUT2D eigenvalue weighted by Crippen LogP contribution is -2.60. The van der Waals surface area contributed by atoms with Crippen molar-refractivity contribution in [3.05, 3.63) is 65.7 Å². The van der Waals surface area contributed by atoms with Gasteiger partial charge in [0.15, 0.2) is 6.54 Å². The number of quaternary nitrogens is 1. The zero-order valence-corrected chi connectivity index (χ0v) is 22.1. The van der Waals surface area contributed by atoms with Crippen LogP contribution in [0.25, 0.3) is 0 Å². The Morgan fingerprint density at radius 3 is 2.25 bits per heavy atom. The van der Waals surface area contributed by atoms with Gasteiger partial charge in [0.25, 0.3) is 0 Å². The fourth-order valence-corrected chi connectivity index (χ4v) is 5.66. The smallest absolute Gasteiger partial charge is 0.362 e. The average Bonchev–Trinajstić information content (AvgIpc) is 2.85. The molecule has 7 heteroatoms. The number of nitrogens with two attached hydrogens (primary N) is 1. The molecule has 0 atom stereocenters. The van der Waals surface area contributed by atoms with E-state index in [4.69, 9.17) is 10.6 Å². The molecule has 0 radical (unpaired) electrons. The lowest BCUT2D eigenvalue weighted by Gasteiger charge is -2.47. The summed E-state index contributed by atoms with van der Waals surface area (Å²) in [6, 6.07) is 19.6. The van der Waals surface area contributed by atoms with Crippen LogP contribution in [0.3, 0.4) is 0 Å². The molecular formula is C29H42N5O2+. The number of benzene rings is 2. The minimum absolute atomic E-state index is 0.0887. The summed E-state index contributed by atoms with van der Waals surface area (Å²) >= 11 is 0. The van der Waals surface area contributed by atoms with Crippen LogP contribution < -0.4 is 10.7 Å². The Hall–Kier alpha value is -2.90. The molecule has 4 rings (SSSR count). The van der Waals surface area contributed by atoms with Crippen molar-refractivity contribution in [2.75, 3.05) is 50.7 Å². The molecule has 0 spiro atoms. The molecule has 0 aliphatic carbocycles. The molecule has 2 aromatic rings. The van der Waals surface area contributed by atoms with Gasteiger partial charge in [0.2, 0.25) is 0 Å². The number of likely N-dealkylation sites (tertiary alicyclic amines) is 1. The number of hydrazone groups is 1. The van der Waals surface area contributed by atoms with Gasteiger partial charge in [0, 0.05) is 56.3 Å². The van der Waals surface area contributed by atoms with Crippen LogP contribution in [0.1, 0.15) is 44.7 Å². The van der Waals surface area contributed by atoms with Gasteiger partial charge in [-0.15, -0.1) is 0 Å². The summed E-state index contributed by atoms with van der Waals surface area (Å²) in [4.78, 5) is 18.0. The molecule has 0 aromatic heterocycles. The van der Waals surface area contributed by atoms with E-state index >= 15 is 0 Å². The van der Waals surface area contributed by atoms with Gasteiger partial charge in [-0.25, -0.2) is 4.79 Å². The van der Waals surface area contributed by atoms with E-state index in [1.54, 1.807) is 6.21 Å². The molecule has 0 saturated carbocycles. The number of hydrogen-bond acceptors (Lipinski definition) is 6. The van der Waals surface area contributed by atoms with Gasteiger partial charge in [0.1, 0.15) is 12.1 Å². The molecule has 36 heavy (non-hydrogen) atoms. The van der Waals surface area contributed by atoms with E-state index in [0.717, 1.165) is 68.7 Å². The van der Waals surface area contributed by atoms with Crippen molar-refractivity contribution in [1.29, 1.82) is 0 Å². The molecule has 0 unspecified atom stereocenters. The summed E-state index contributed by atoms with van der Waals surface area (Å²) in [6.45, 7) is 13.4. The topological polar surface area (TPSA) is 71.2 Å². The standard InChI is InChI=1S/C29H42N5O2/c1-29(2,3)36-28(35)23-34(22-25-7-5-4-6-8-25)19-13-27(14-20-34)33-17-15-32(16-18-33)26-11-9-24(10-12-26)21-31-30/h4-12,21,27H,13-20,22-23,30H2,1-3H3/q+1/b31-21+. The van der Waals surface area contributed by atoms with Crippen molar-refractivity contribution in [2.45, 2.75) is 51.8 Å². The van der Waals surface area contributed by atoms with E-state index in [1.807, 2.05) is 20.8 Å². The van der Waals surface area contributed by atoms with Crippen molar-refractivity contribution in [2.24, 2.45) is 10.9 Å². The van der Waals surface area contributed by atoms with E-state index in [1.165, 1.54) is 11.3 Å². The highest BCUT2D eigenvalue weighted by molar-refractivity contribution is 5.80. The van der Waals surface area contributed by atoms with Gasteiger partial charge >= 0.3 is 5.97 Å². The van der Waals surface area contributed by atoms with Crippen LogP contribution in [0, 0.1) is 0 Å². The van der Waals surface area contributed by atoms with Crippen molar-refractivity contribution in [3.63, 3.8) is 0 Å². The summed E-state index contributed by atoms with van der Waals surface area (Å²) < 4.78 is 6.52. The number of rotatable bonds is 7. The van der Waals surface area contributed by atoms with Gasteiger partial charge in [-0.3, -0.25) is 4.90 Å². The van der Waals surface area contributed by atoms with E-state index in [0.29, 0.717) is 12.6 Å². The van der Waals surface area contributed by atoms with Crippen LogP contribution in [-0.4, -0.2) is 79.0 Å². The highest BCUT2D eigenvalue weighted by Gasteiger charge is 2.39. The predicted octanol–water partition coefficient (Wildman–Crippen LogP) is 3.62. The van der Waals surface area contributed by atoms with Crippen molar-refractivity contribution in [1.82, 2.24) is 4.90 Å². The molecule has 0 bridgehead atoms. The Kier molecular flexibility index (Phi) is 8.32. The van der Waals surface area contributed by atoms with Crippen molar-refractivity contribution in [3.8, 4) is 0 Å². The Morgan fingerprint density at radius 2 is 1.67 bits per heavy atom. The Morgan fingerprint density at radius 1 is 1.03 bits per heavy atom. The van der Waals surface area contributed by atoms with Crippen LogP contribution in [0.15, 0.2) is 59.7 Å². The summed E-state index contributed by atoms with van der Waals surface area (Å²) in [5.74, 6) is 5.17. The largest absolute Gasteiger partial charge is 0.456 e. The minimum Gasteiger partial charge on any atom is -0.456 e. The number of hydrogen-bond donors (Lipinski definition) is 1. The summed E-state index contributed by atoms with van der Waals surface area (Å²) in [5, 5.41) is 3.60. The molecular weight excluding hydrogens is 450 g/mol. The first-order valence-corrected chi connectivity index (χ1v) is 13.2. The number of ether oxygens (including phenoxy) is 1. The summed E-state index contributed by atoms with van der Waals surface area (Å²) in [7, 11) is 0. The Labute approximate surface area is 216 Å². The SMILES string of the molecule is CC(C)(C)OC(=O)C[N+]1(Cc2ccccc2)CCC(N2CCN(c3ccc(/C=N/N)cc3)CC2)CC1. The first kappa shape index (κ1) is 26.2. The minimum atomic E-state index is -0.454. The number of nitrogens with zero attached hydrogens (tertiary/aromatic N) is 4. The maximum Gasteiger partial charge on any atom is 0.362 e. The molecule has 2 aliphatic heterocycles. The molecule has 0 amide bonds. The number of piperidine rings is 1. The number of carbonyl (C=O) groups excluding carboxylic acids is 1. The van der Waals surface area contributed by atoms with E-state index < -0.39 is 5.60 Å². The van der Waals surface area contributed by atoms with Crippen LogP contribution in [0.5, 0.6) is 0 Å². The summed E-state index contributed by atoms with van der Waals surface area (Å²) in [5.41, 5.74) is 3.11. The molecule has 2 heterocycles. The predicted molar refractivity (Wildman–Crippen MR) is 146 cm³/mol. The van der Waals surface area contributed by atoms with E-state index in [-0.39, 0.29) is 5.97 Å². The van der Waals surface area contributed by atoms with E-state index in [2.05, 4.69) is 69.5 Å².